The summed E-state index contributed by atoms with van der Waals surface area (Å²) in [6.45, 7) is 3.87. The van der Waals surface area contributed by atoms with Gasteiger partial charge < -0.3 is 20.1 Å². The Balaban J connectivity index is 2.14. The second kappa shape index (κ2) is 5.40. The molecule has 0 spiro atoms. The third kappa shape index (κ3) is 3.11. The van der Waals surface area contributed by atoms with Gasteiger partial charge in [-0.2, -0.15) is 0 Å². The van der Waals surface area contributed by atoms with Gasteiger partial charge in [-0.1, -0.05) is 5.16 Å². The molecule has 1 aliphatic heterocycles. The molecule has 1 aliphatic rings. The fourth-order valence-electron chi connectivity index (χ4n) is 2.17. The Bertz CT molecular complexity index is 485. The number of likely N-dealkylation sites (N-methyl/N-ethyl adjacent to an activating group) is 1. The maximum absolute atomic E-state index is 12.3. The van der Waals surface area contributed by atoms with Gasteiger partial charge in [0.15, 0.2) is 5.69 Å². The Morgan fingerprint density at radius 3 is 2.74 bits per heavy atom. The van der Waals surface area contributed by atoms with Crippen LogP contribution in [0.1, 0.15) is 16.2 Å². The van der Waals surface area contributed by atoms with Crippen molar-refractivity contribution >= 4 is 11.8 Å². The fourth-order valence-corrected chi connectivity index (χ4v) is 2.17. The highest BCUT2D eigenvalue weighted by atomic mass is 16.5. The van der Waals surface area contributed by atoms with Crippen LogP contribution in [0.3, 0.4) is 0 Å². The minimum absolute atomic E-state index is 0.224. The number of rotatable bonds is 2. The van der Waals surface area contributed by atoms with Crippen molar-refractivity contribution in [3.63, 3.8) is 0 Å². The number of carbonyl (C=O) groups is 2. The van der Waals surface area contributed by atoms with Gasteiger partial charge in [0.25, 0.3) is 5.91 Å². The summed E-state index contributed by atoms with van der Waals surface area (Å²) in [4.78, 5) is 27.3. The zero-order valence-electron chi connectivity index (χ0n) is 11.1. The van der Waals surface area contributed by atoms with Crippen molar-refractivity contribution in [1.82, 2.24) is 15.0 Å². The fraction of sp³-hybridized carbons (Fsp3) is 0.583. The third-order valence-electron chi connectivity index (χ3n) is 3.26. The molecule has 2 N–H and O–H groups in total. The van der Waals surface area contributed by atoms with Crippen LogP contribution in [-0.4, -0.2) is 60.0 Å². The maximum Gasteiger partial charge on any atom is 0.276 e. The lowest BCUT2D eigenvalue weighted by atomic mass is 10.1. The van der Waals surface area contributed by atoms with E-state index >= 15 is 0 Å². The highest BCUT2D eigenvalue weighted by molar-refractivity contribution is 5.92. The molecule has 19 heavy (non-hydrogen) atoms. The summed E-state index contributed by atoms with van der Waals surface area (Å²) in [7, 11) is 1.91. The van der Waals surface area contributed by atoms with Crippen LogP contribution >= 0.6 is 0 Å². The Labute approximate surface area is 111 Å². The van der Waals surface area contributed by atoms with Crippen molar-refractivity contribution in [3.8, 4) is 0 Å². The van der Waals surface area contributed by atoms with E-state index in [1.165, 1.54) is 0 Å². The van der Waals surface area contributed by atoms with Crippen molar-refractivity contribution < 1.29 is 14.1 Å². The summed E-state index contributed by atoms with van der Waals surface area (Å²) in [5.74, 6) is -0.382. The van der Waals surface area contributed by atoms with Gasteiger partial charge in [-0.05, 0) is 14.0 Å². The van der Waals surface area contributed by atoms with E-state index in [1.54, 1.807) is 17.9 Å². The van der Waals surface area contributed by atoms with Crippen molar-refractivity contribution in [2.75, 3.05) is 33.2 Å². The minimum Gasteiger partial charge on any atom is -0.369 e. The number of carbonyl (C=O) groups excluding carboxylic acids is 2. The standard InChI is InChI=1S/C12H18N4O3/c1-8-5-10(14-19-8)12(18)16-4-3-15(2)6-9(7-16)11(13)17/h5,9H,3-4,6-7H2,1-2H3,(H2,13,17)/t9-/m0/s1. The molecule has 2 rings (SSSR count). The van der Waals surface area contributed by atoms with Crippen LogP contribution in [-0.2, 0) is 4.79 Å². The summed E-state index contributed by atoms with van der Waals surface area (Å²) >= 11 is 0. The molecule has 1 aromatic heterocycles. The number of hydrogen-bond acceptors (Lipinski definition) is 5. The predicted molar refractivity (Wildman–Crippen MR) is 67.3 cm³/mol. The first kappa shape index (κ1) is 13.5. The molecule has 0 aromatic carbocycles. The molecule has 0 radical (unpaired) electrons. The smallest absolute Gasteiger partial charge is 0.276 e. The number of amides is 2. The Hall–Kier alpha value is -1.89. The van der Waals surface area contributed by atoms with Gasteiger partial charge in [0.2, 0.25) is 5.91 Å². The van der Waals surface area contributed by atoms with E-state index in [2.05, 4.69) is 5.16 Å². The maximum atomic E-state index is 12.3. The molecule has 0 unspecified atom stereocenters. The van der Waals surface area contributed by atoms with Crippen LogP contribution in [0, 0.1) is 12.8 Å². The van der Waals surface area contributed by atoms with Gasteiger partial charge in [0.05, 0.1) is 5.92 Å². The number of aryl methyl sites for hydroxylation is 1. The lowest BCUT2D eigenvalue weighted by Gasteiger charge is -2.21. The molecule has 1 atom stereocenters. The summed E-state index contributed by atoms with van der Waals surface area (Å²) in [6, 6.07) is 1.59. The van der Waals surface area contributed by atoms with Gasteiger partial charge in [-0.15, -0.1) is 0 Å². The molecule has 2 amide bonds. The van der Waals surface area contributed by atoms with Crippen LogP contribution in [0.2, 0.25) is 0 Å². The first-order valence-corrected chi connectivity index (χ1v) is 6.18. The topological polar surface area (TPSA) is 92.7 Å². The van der Waals surface area contributed by atoms with Crippen LogP contribution in [0.25, 0.3) is 0 Å². The molecule has 0 aliphatic carbocycles. The molecule has 0 saturated carbocycles. The average Bonchev–Trinajstić information content (AvgIpc) is 2.68. The molecule has 1 aromatic rings. The van der Waals surface area contributed by atoms with E-state index in [1.807, 2.05) is 11.9 Å². The molecule has 0 bridgehead atoms. The first-order valence-electron chi connectivity index (χ1n) is 6.18. The number of nitrogens with two attached hydrogens (primary N) is 1. The average molecular weight is 266 g/mol. The zero-order valence-corrected chi connectivity index (χ0v) is 11.1. The third-order valence-corrected chi connectivity index (χ3v) is 3.26. The van der Waals surface area contributed by atoms with Gasteiger partial charge in [-0.3, -0.25) is 9.59 Å². The van der Waals surface area contributed by atoms with E-state index in [-0.39, 0.29) is 23.4 Å². The number of nitrogens with zero attached hydrogens (tertiary/aromatic N) is 3. The monoisotopic (exact) mass is 266 g/mol. The quantitative estimate of drug-likeness (QED) is 0.777. The Morgan fingerprint density at radius 2 is 2.16 bits per heavy atom. The minimum atomic E-state index is -0.386. The molecule has 1 saturated heterocycles. The van der Waals surface area contributed by atoms with Crippen molar-refractivity contribution in [1.29, 1.82) is 0 Å². The van der Waals surface area contributed by atoms with Gasteiger partial charge in [-0.25, -0.2) is 0 Å². The second-order valence-electron chi connectivity index (χ2n) is 4.94. The van der Waals surface area contributed by atoms with Gasteiger partial charge >= 0.3 is 0 Å². The van der Waals surface area contributed by atoms with E-state index in [0.717, 1.165) is 0 Å². The second-order valence-corrected chi connectivity index (χ2v) is 4.94. The molecule has 7 heteroatoms. The summed E-state index contributed by atoms with van der Waals surface area (Å²) in [5, 5.41) is 3.71. The lowest BCUT2D eigenvalue weighted by Crippen LogP contribution is -2.40. The Morgan fingerprint density at radius 1 is 1.42 bits per heavy atom. The SMILES string of the molecule is Cc1cc(C(=O)N2CCN(C)C[C@H](C(N)=O)C2)no1. The molecule has 1 fully saturated rings. The van der Waals surface area contributed by atoms with E-state index in [4.69, 9.17) is 10.3 Å². The van der Waals surface area contributed by atoms with Crippen molar-refractivity contribution in [2.24, 2.45) is 11.7 Å². The van der Waals surface area contributed by atoms with E-state index < -0.39 is 0 Å². The van der Waals surface area contributed by atoms with Gasteiger partial charge in [0.1, 0.15) is 5.76 Å². The molecular formula is C12H18N4O3. The summed E-state index contributed by atoms with van der Waals surface area (Å²) in [5.41, 5.74) is 5.64. The zero-order chi connectivity index (χ0) is 14.0. The van der Waals surface area contributed by atoms with Crippen LogP contribution in [0.4, 0.5) is 0 Å². The van der Waals surface area contributed by atoms with Crippen LogP contribution in [0.15, 0.2) is 10.6 Å². The van der Waals surface area contributed by atoms with Crippen molar-refractivity contribution in [3.05, 3.63) is 17.5 Å². The van der Waals surface area contributed by atoms with Crippen molar-refractivity contribution in [2.45, 2.75) is 6.92 Å². The molecule has 7 nitrogen and oxygen atoms in total. The highest BCUT2D eigenvalue weighted by Gasteiger charge is 2.29. The van der Waals surface area contributed by atoms with E-state index in [9.17, 15) is 9.59 Å². The lowest BCUT2D eigenvalue weighted by molar-refractivity contribution is -0.122. The van der Waals surface area contributed by atoms with Crippen LogP contribution in [0.5, 0.6) is 0 Å². The molecule has 2 heterocycles. The largest absolute Gasteiger partial charge is 0.369 e. The normalized spacial score (nSPS) is 21.2. The predicted octanol–water partition coefficient (Wildman–Crippen LogP) is -0.528. The summed E-state index contributed by atoms with van der Waals surface area (Å²) in [6.07, 6.45) is 0. The number of primary amides is 1. The molecular weight excluding hydrogens is 248 g/mol. The Kier molecular flexibility index (Phi) is 3.84. The van der Waals surface area contributed by atoms with E-state index in [0.29, 0.717) is 31.9 Å². The first-order chi connectivity index (χ1) is 8.97. The summed E-state index contributed by atoms with van der Waals surface area (Å²) < 4.78 is 4.90. The molecule has 104 valence electrons. The number of hydrogen-bond donors (Lipinski definition) is 1. The number of aromatic nitrogens is 1. The highest BCUT2D eigenvalue weighted by Crippen LogP contribution is 2.12. The van der Waals surface area contributed by atoms with Gasteiger partial charge in [0, 0.05) is 32.2 Å². The van der Waals surface area contributed by atoms with Crippen LogP contribution < -0.4 is 5.73 Å².